The molecule has 2 N–H and O–H groups in total. The van der Waals surface area contributed by atoms with Crippen LogP contribution in [0.3, 0.4) is 0 Å². The van der Waals surface area contributed by atoms with Gasteiger partial charge < -0.3 is 5.73 Å². The maximum absolute atomic E-state index is 13.1. The summed E-state index contributed by atoms with van der Waals surface area (Å²) in [4.78, 5) is 0. The van der Waals surface area contributed by atoms with Crippen LogP contribution in [0.5, 0.6) is 0 Å². The summed E-state index contributed by atoms with van der Waals surface area (Å²) in [7, 11) is 0. The van der Waals surface area contributed by atoms with Crippen molar-refractivity contribution in [2.45, 2.75) is 0 Å². The van der Waals surface area contributed by atoms with Crippen molar-refractivity contribution in [1.82, 2.24) is 0 Å². The van der Waals surface area contributed by atoms with Crippen molar-refractivity contribution in [3.63, 3.8) is 0 Å². The molecule has 19 heavy (non-hydrogen) atoms. The number of nitrogen functional groups attached to an aromatic ring is 1. The zero-order chi connectivity index (χ0) is 13.7. The van der Waals surface area contributed by atoms with Crippen LogP contribution >= 0.6 is 11.6 Å². The van der Waals surface area contributed by atoms with Gasteiger partial charge in [0.2, 0.25) is 0 Å². The second-order valence-electron chi connectivity index (χ2n) is 3.98. The highest BCUT2D eigenvalue weighted by Gasteiger charge is 2.00. The highest BCUT2D eigenvalue weighted by molar-refractivity contribution is 6.30. The van der Waals surface area contributed by atoms with E-state index in [0.29, 0.717) is 11.1 Å². The average Bonchev–Trinajstić information content (AvgIpc) is 2.45. The molecule has 0 unspecified atom stereocenters. The molecule has 3 aromatic carbocycles. The summed E-state index contributed by atoms with van der Waals surface area (Å²) in [5.41, 5.74) is 6.28. The third-order valence-electron chi connectivity index (χ3n) is 2.64. The van der Waals surface area contributed by atoms with Crippen LogP contribution in [0.4, 0.5) is 10.1 Å². The van der Waals surface area contributed by atoms with Gasteiger partial charge in [0.1, 0.15) is 5.82 Å². The molecule has 0 spiro atoms. The van der Waals surface area contributed by atoms with Crippen molar-refractivity contribution < 1.29 is 4.39 Å². The molecule has 96 valence electrons. The van der Waals surface area contributed by atoms with Crippen molar-refractivity contribution >= 4 is 28.1 Å². The van der Waals surface area contributed by atoms with Crippen LogP contribution in [-0.4, -0.2) is 0 Å². The lowest BCUT2D eigenvalue weighted by Crippen LogP contribution is -1.88. The smallest absolute Gasteiger partial charge is 0.131 e. The van der Waals surface area contributed by atoms with Crippen molar-refractivity contribution in [2.24, 2.45) is 0 Å². The van der Waals surface area contributed by atoms with Gasteiger partial charge in [-0.2, -0.15) is 0 Å². The Hall–Kier alpha value is -2.06. The van der Waals surface area contributed by atoms with Gasteiger partial charge in [0.05, 0.1) is 0 Å². The Balaban J connectivity index is 0.000000163. The van der Waals surface area contributed by atoms with E-state index in [4.69, 9.17) is 17.3 Å². The first-order valence-corrected chi connectivity index (χ1v) is 6.19. The molecular weight excluding hydrogens is 261 g/mol. The fraction of sp³-hybridized carbons (Fsp3) is 0. The minimum absolute atomic E-state index is 0.222. The number of nitrogens with two attached hydrogens (primary N) is 1. The predicted molar refractivity (Wildman–Crippen MR) is 79.8 cm³/mol. The highest BCUT2D eigenvalue weighted by Crippen LogP contribution is 2.22. The van der Waals surface area contributed by atoms with E-state index in [0.717, 1.165) is 10.4 Å². The van der Waals surface area contributed by atoms with Gasteiger partial charge in [-0.15, -0.1) is 0 Å². The molecule has 0 radical (unpaired) electrons. The average molecular weight is 274 g/mol. The first kappa shape index (κ1) is 13.4. The standard InChI is InChI=1S/C10H8FN.C6H5Cl/c11-9-5-6-10(12)8-4-2-1-3-7(8)9;7-6-4-2-1-3-5-6/h1-6H,12H2;1-5H. The molecule has 3 aromatic rings. The Labute approximate surface area is 116 Å². The molecule has 3 heteroatoms. The van der Waals surface area contributed by atoms with Crippen molar-refractivity contribution in [3.8, 4) is 0 Å². The molecule has 0 atom stereocenters. The summed E-state index contributed by atoms with van der Waals surface area (Å²) in [5.74, 6) is -0.222. The number of rotatable bonds is 0. The summed E-state index contributed by atoms with van der Waals surface area (Å²) in [5, 5.41) is 2.15. The topological polar surface area (TPSA) is 26.0 Å². The van der Waals surface area contributed by atoms with E-state index >= 15 is 0 Å². The molecule has 0 aliphatic heterocycles. The molecule has 0 fully saturated rings. The largest absolute Gasteiger partial charge is 0.398 e. The molecule has 0 amide bonds. The van der Waals surface area contributed by atoms with Crippen LogP contribution in [0.1, 0.15) is 0 Å². The van der Waals surface area contributed by atoms with Gasteiger partial charge in [-0.25, -0.2) is 4.39 Å². The minimum atomic E-state index is -0.222. The van der Waals surface area contributed by atoms with Gasteiger partial charge >= 0.3 is 0 Å². The van der Waals surface area contributed by atoms with E-state index in [-0.39, 0.29) is 5.82 Å². The van der Waals surface area contributed by atoms with Gasteiger partial charge in [-0.1, -0.05) is 54.1 Å². The SMILES string of the molecule is Clc1ccccc1.Nc1ccc(F)c2ccccc12. The Morgan fingerprint density at radius 3 is 1.84 bits per heavy atom. The number of halogens is 2. The fourth-order valence-electron chi connectivity index (χ4n) is 1.70. The van der Waals surface area contributed by atoms with Gasteiger partial charge in [0.15, 0.2) is 0 Å². The molecule has 0 aliphatic rings. The Kier molecular flexibility index (Phi) is 4.37. The van der Waals surface area contributed by atoms with E-state index in [2.05, 4.69) is 0 Å². The van der Waals surface area contributed by atoms with Gasteiger partial charge in [-0.3, -0.25) is 0 Å². The number of benzene rings is 3. The number of fused-ring (bicyclic) bond motifs is 1. The molecule has 0 bridgehead atoms. The van der Waals surface area contributed by atoms with Gasteiger partial charge in [0.25, 0.3) is 0 Å². The summed E-state index contributed by atoms with van der Waals surface area (Å²) in [6.45, 7) is 0. The number of hydrogen-bond acceptors (Lipinski definition) is 1. The van der Waals surface area contributed by atoms with Crippen molar-refractivity contribution in [2.75, 3.05) is 5.73 Å². The van der Waals surface area contributed by atoms with Crippen LogP contribution in [0.15, 0.2) is 66.7 Å². The van der Waals surface area contributed by atoms with Crippen LogP contribution in [0, 0.1) is 5.82 Å². The van der Waals surface area contributed by atoms with E-state index in [1.807, 2.05) is 42.5 Å². The second kappa shape index (κ2) is 6.21. The fourth-order valence-corrected chi connectivity index (χ4v) is 1.85. The van der Waals surface area contributed by atoms with E-state index < -0.39 is 0 Å². The lowest BCUT2D eigenvalue weighted by molar-refractivity contribution is 0.640. The van der Waals surface area contributed by atoms with Crippen LogP contribution in [-0.2, 0) is 0 Å². The van der Waals surface area contributed by atoms with Crippen molar-refractivity contribution in [3.05, 3.63) is 77.6 Å². The Bertz CT molecular complexity index is 627. The normalized spacial score (nSPS) is 9.79. The van der Waals surface area contributed by atoms with Crippen LogP contribution in [0.2, 0.25) is 5.02 Å². The van der Waals surface area contributed by atoms with Crippen LogP contribution in [0.25, 0.3) is 10.8 Å². The highest BCUT2D eigenvalue weighted by atomic mass is 35.5. The third kappa shape index (κ3) is 3.46. The summed E-state index contributed by atoms with van der Waals surface area (Å²) in [6, 6.07) is 19.6. The monoisotopic (exact) mass is 273 g/mol. The van der Waals surface area contributed by atoms with E-state index in [1.165, 1.54) is 6.07 Å². The Morgan fingerprint density at radius 2 is 1.32 bits per heavy atom. The minimum Gasteiger partial charge on any atom is -0.398 e. The third-order valence-corrected chi connectivity index (χ3v) is 2.89. The summed E-state index contributed by atoms with van der Waals surface area (Å²) < 4.78 is 13.1. The molecule has 0 saturated carbocycles. The quantitative estimate of drug-likeness (QED) is 0.579. The van der Waals surface area contributed by atoms with Gasteiger partial charge in [0, 0.05) is 21.5 Å². The zero-order valence-corrected chi connectivity index (χ0v) is 10.9. The van der Waals surface area contributed by atoms with E-state index in [1.54, 1.807) is 18.2 Å². The molecule has 3 rings (SSSR count). The molecule has 0 heterocycles. The second-order valence-corrected chi connectivity index (χ2v) is 4.41. The summed E-state index contributed by atoms with van der Waals surface area (Å²) >= 11 is 5.54. The molecule has 0 aromatic heterocycles. The molecule has 0 aliphatic carbocycles. The maximum atomic E-state index is 13.1. The molecular formula is C16H13ClFN. The zero-order valence-electron chi connectivity index (χ0n) is 10.2. The van der Waals surface area contributed by atoms with E-state index in [9.17, 15) is 4.39 Å². The lowest BCUT2D eigenvalue weighted by Gasteiger charge is -2.01. The molecule has 1 nitrogen and oxygen atoms in total. The predicted octanol–water partition coefficient (Wildman–Crippen LogP) is 4.90. The maximum Gasteiger partial charge on any atom is 0.131 e. The Morgan fingerprint density at radius 1 is 0.737 bits per heavy atom. The number of hydrogen-bond donors (Lipinski definition) is 1. The number of anilines is 1. The summed E-state index contributed by atoms with van der Waals surface area (Å²) in [6.07, 6.45) is 0. The lowest BCUT2D eigenvalue weighted by atomic mass is 10.1. The first-order chi connectivity index (χ1) is 9.18. The van der Waals surface area contributed by atoms with Crippen molar-refractivity contribution in [1.29, 1.82) is 0 Å². The first-order valence-electron chi connectivity index (χ1n) is 5.82. The molecule has 0 saturated heterocycles. The van der Waals surface area contributed by atoms with Gasteiger partial charge in [-0.05, 0) is 24.3 Å². The van der Waals surface area contributed by atoms with Crippen LogP contribution < -0.4 is 5.73 Å².